The molecule has 0 spiro atoms. The van der Waals surface area contributed by atoms with Gasteiger partial charge in [0, 0.05) is 60.7 Å². The highest BCUT2D eigenvalue weighted by Crippen LogP contribution is 2.22. The molecular formula is C27H32N2O3SSi. The molecule has 3 heterocycles. The quantitative estimate of drug-likeness (QED) is 0.233. The molecule has 2 aromatic rings. The summed E-state index contributed by atoms with van der Waals surface area (Å²) in [5.41, 5.74) is 2.29. The van der Waals surface area contributed by atoms with Gasteiger partial charge in [0.25, 0.3) is 0 Å². The van der Waals surface area contributed by atoms with Crippen LogP contribution in [0.1, 0.15) is 17.5 Å². The topological polar surface area (TPSA) is 43.3 Å². The SMILES string of the molecule is C(#Cc1ccccc1)/C=C(/C=NCCC[Si]12OCCN(CCO1)CCO2)SCc1ccccc1. The number of nitrogens with zero attached hydrogens (tertiary/aromatic N) is 2. The normalized spacial score (nSPS) is 23.1. The lowest BCUT2D eigenvalue weighted by Crippen LogP contribution is -2.55. The third kappa shape index (κ3) is 8.24. The van der Waals surface area contributed by atoms with Crippen LogP contribution in [0.2, 0.25) is 6.04 Å². The van der Waals surface area contributed by atoms with Gasteiger partial charge in [-0.25, -0.2) is 0 Å². The van der Waals surface area contributed by atoms with Crippen molar-refractivity contribution in [2.45, 2.75) is 18.2 Å². The lowest BCUT2D eigenvalue weighted by atomic mass is 10.2. The molecule has 0 saturated carbocycles. The molecule has 5 rings (SSSR count). The average molecular weight is 493 g/mol. The van der Waals surface area contributed by atoms with E-state index < -0.39 is 8.80 Å². The fraction of sp³-hybridized carbons (Fsp3) is 0.370. The second-order valence-electron chi connectivity index (χ2n) is 8.17. The van der Waals surface area contributed by atoms with E-state index in [9.17, 15) is 0 Å². The Labute approximate surface area is 208 Å². The third-order valence-corrected chi connectivity index (χ3v) is 9.56. The molecule has 3 aliphatic rings. The first kappa shape index (κ1) is 24.9. The third-order valence-electron chi connectivity index (χ3n) is 5.63. The van der Waals surface area contributed by atoms with Gasteiger partial charge in [-0.2, -0.15) is 0 Å². The maximum atomic E-state index is 6.12. The summed E-state index contributed by atoms with van der Waals surface area (Å²) in [6.45, 7) is 5.70. The molecule has 2 aromatic carbocycles. The number of aliphatic imine (C=N–C) groups is 1. The van der Waals surface area contributed by atoms with Crippen molar-refractivity contribution in [1.29, 1.82) is 0 Å². The van der Waals surface area contributed by atoms with Crippen LogP contribution in [0, 0.1) is 11.8 Å². The van der Waals surface area contributed by atoms with Crippen LogP contribution in [-0.4, -0.2) is 65.9 Å². The maximum Gasteiger partial charge on any atom is 0.501 e. The molecule has 0 amide bonds. The molecule has 0 aromatic heterocycles. The molecule has 0 radical (unpaired) electrons. The van der Waals surface area contributed by atoms with E-state index in [1.165, 1.54) is 5.56 Å². The monoisotopic (exact) mass is 492 g/mol. The average Bonchev–Trinajstić information content (AvgIpc) is 2.83. The fourth-order valence-corrected chi connectivity index (χ4v) is 7.08. The van der Waals surface area contributed by atoms with Crippen molar-refractivity contribution >= 4 is 26.8 Å². The van der Waals surface area contributed by atoms with Crippen molar-refractivity contribution in [3.8, 4) is 11.8 Å². The number of rotatable bonds is 8. The van der Waals surface area contributed by atoms with Gasteiger partial charge < -0.3 is 13.3 Å². The molecule has 0 atom stereocenters. The lowest BCUT2D eigenvalue weighted by molar-refractivity contribution is -0.00841. The molecule has 5 nitrogen and oxygen atoms in total. The zero-order valence-electron chi connectivity index (χ0n) is 19.5. The first-order valence-corrected chi connectivity index (χ1v) is 14.8. The summed E-state index contributed by atoms with van der Waals surface area (Å²) < 4.78 is 18.4. The summed E-state index contributed by atoms with van der Waals surface area (Å²) in [6, 6.07) is 21.3. The Hall–Kier alpha value is -2.18. The molecule has 3 aliphatic heterocycles. The Kier molecular flexibility index (Phi) is 10.0. The van der Waals surface area contributed by atoms with Gasteiger partial charge in [0.05, 0.1) is 19.8 Å². The summed E-state index contributed by atoms with van der Waals surface area (Å²) in [7, 11) is -2.57. The van der Waals surface area contributed by atoms with Crippen molar-refractivity contribution < 1.29 is 13.3 Å². The summed E-state index contributed by atoms with van der Waals surface area (Å²) in [5, 5.41) is 0. The van der Waals surface area contributed by atoms with E-state index in [-0.39, 0.29) is 0 Å². The highest BCUT2D eigenvalue weighted by Gasteiger charge is 2.43. The molecule has 34 heavy (non-hydrogen) atoms. The first-order chi connectivity index (χ1) is 16.8. The molecule has 0 N–H and O–H groups in total. The summed E-state index contributed by atoms with van der Waals surface area (Å²) in [5.74, 6) is 7.28. The predicted octanol–water partition coefficient (Wildman–Crippen LogP) is 4.63. The first-order valence-electron chi connectivity index (χ1n) is 11.9. The Bertz CT molecular complexity index is 978. The molecule has 3 fully saturated rings. The predicted molar refractivity (Wildman–Crippen MR) is 142 cm³/mol. The Morgan fingerprint density at radius 2 is 1.59 bits per heavy atom. The smallest absolute Gasteiger partial charge is 0.372 e. The second kappa shape index (κ2) is 13.6. The van der Waals surface area contributed by atoms with E-state index in [1.54, 1.807) is 11.8 Å². The van der Waals surface area contributed by atoms with Crippen molar-refractivity contribution in [3.63, 3.8) is 0 Å². The van der Waals surface area contributed by atoms with Gasteiger partial charge in [-0.15, -0.1) is 11.8 Å². The van der Waals surface area contributed by atoms with Crippen LogP contribution < -0.4 is 0 Å². The van der Waals surface area contributed by atoms with Gasteiger partial charge >= 0.3 is 8.80 Å². The Morgan fingerprint density at radius 1 is 0.941 bits per heavy atom. The van der Waals surface area contributed by atoms with Crippen LogP contribution in [0.5, 0.6) is 0 Å². The van der Waals surface area contributed by atoms with Gasteiger partial charge in [-0.3, -0.25) is 9.89 Å². The Morgan fingerprint density at radius 3 is 2.26 bits per heavy atom. The lowest BCUT2D eigenvalue weighted by Gasteiger charge is -2.38. The van der Waals surface area contributed by atoms with Crippen LogP contribution in [-0.2, 0) is 19.0 Å². The van der Waals surface area contributed by atoms with Gasteiger partial charge in [-0.05, 0) is 24.1 Å². The van der Waals surface area contributed by atoms with Crippen molar-refractivity contribution in [2.75, 3.05) is 46.0 Å². The minimum atomic E-state index is -2.57. The number of fused-ring (bicyclic) bond motifs is 6. The molecular weight excluding hydrogens is 460 g/mol. The van der Waals surface area contributed by atoms with Gasteiger partial charge in [0.1, 0.15) is 0 Å². The van der Waals surface area contributed by atoms with Crippen LogP contribution in [0.4, 0.5) is 0 Å². The van der Waals surface area contributed by atoms with Crippen molar-refractivity contribution in [3.05, 3.63) is 82.8 Å². The molecule has 7 heteroatoms. The van der Waals surface area contributed by atoms with Gasteiger partial charge in [0.15, 0.2) is 0 Å². The Balaban J connectivity index is 1.33. The van der Waals surface area contributed by atoms with E-state index in [2.05, 4.69) is 41.0 Å². The molecule has 0 unspecified atom stereocenters. The fourth-order valence-electron chi connectivity index (χ4n) is 3.78. The van der Waals surface area contributed by atoms with Gasteiger partial charge in [-0.1, -0.05) is 60.4 Å². The van der Waals surface area contributed by atoms with Crippen molar-refractivity contribution in [1.82, 2.24) is 4.90 Å². The largest absolute Gasteiger partial charge is 0.501 e. The highest BCUT2D eigenvalue weighted by molar-refractivity contribution is 8.03. The number of thioether (sulfide) groups is 1. The highest BCUT2D eigenvalue weighted by atomic mass is 32.2. The van der Waals surface area contributed by atoms with E-state index in [1.807, 2.05) is 48.7 Å². The zero-order valence-corrected chi connectivity index (χ0v) is 21.3. The van der Waals surface area contributed by atoms with Crippen LogP contribution in [0.3, 0.4) is 0 Å². The summed E-state index contributed by atoms with van der Waals surface area (Å²) >= 11 is 1.75. The molecule has 178 valence electrons. The number of benzene rings is 2. The molecule has 0 aliphatic carbocycles. The number of hydrogen-bond donors (Lipinski definition) is 0. The molecule has 2 bridgehead atoms. The summed E-state index contributed by atoms with van der Waals surface area (Å²) in [4.78, 5) is 8.10. The number of hydrogen-bond acceptors (Lipinski definition) is 6. The van der Waals surface area contributed by atoms with Crippen molar-refractivity contribution in [2.24, 2.45) is 4.99 Å². The minimum absolute atomic E-state index is 0.693. The maximum absolute atomic E-state index is 6.12. The standard InChI is InChI=1S/C27H32N2O3SSi/c1-3-9-25(10-4-1)13-7-14-27(33-24-26-11-5-2-6-12-26)23-28-15-8-22-34-30-19-16-29(17-20-31-34)18-21-32-34/h1-6,9-12,14,23H,8,15-22,24H2/b27-14-,28-23?. The van der Waals surface area contributed by atoms with Crippen LogP contribution in [0.25, 0.3) is 0 Å². The second-order valence-corrected chi connectivity index (χ2v) is 11.9. The zero-order chi connectivity index (χ0) is 23.3. The van der Waals surface area contributed by atoms with E-state index >= 15 is 0 Å². The van der Waals surface area contributed by atoms with E-state index in [4.69, 9.17) is 18.3 Å². The molecule has 3 saturated heterocycles. The summed E-state index contributed by atoms with van der Waals surface area (Å²) in [6.07, 6.45) is 4.80. The van der Waals surface area contributed by atoms with Crippen LogP contribution >= 0.6 is 11.8 Å². The van der Waals surface area contributed by atoms with Gasteiger partial charge in [0.2, 0.25) is 0 Å². The van der Waals surface area contributed by atoms with Crippen LogP contribution in [0.15, 0.2) is 76.6 Å². The van der Waals surface area contributed by atoms with E-state index in [0.717, 1.165) is 48.3 Å². The van der Waals surface area contributed by atoms with E-state index in [0.29, 0.717) is 26.4 Å². The number of allylic oxidation sites excluding steroid dienone is 2. The minimum Gasteiger partial charge on any atom is -0.372 e.